The zero-order chi connectivity index (χ0) is 20.3. The lowest BCUT2D eigenvalue weighted by Gasteiger charge is -2.56. The van der Waals surface area contributed by atoms with E-state index in [9.17, 15) is 9.90 Å². The molecule has 1 N–H and O–H groups in total. The molecule has 0 bridgehead atoms. The van der Waals surface area contributed by atoms with Gasteiger partial charge in [0.25, 0.3) is 0 Å². The predicted molar refractivity (Wildman–Crippen MR) is 110 cm³/mol. The maximum absolute atomic E-state index is 13.0. The number of rotatable bonds is 1. The Morgan fingerprint density at radius 3 is 2.36 bits per heavy atom. The Bertz CT molecular complexity index is 702. The highest BCUT2D eigenvalue weighted by Gasteiger charge is 2.82. The molecule has 3 heteroatoms. The first-order valence-corrected chi connectivity index (χ1v) is 11.9. The second-order valence-electron chi connectivity index (χ2n) is 12.3. The lowest BCUT2D eigenvalue weighted by Crippen LogP contribution is -2.62. The summed E-state index contributed by atoms with van der Waals surface area (Å²) >= 11 is 0. The van der Waals surface area contributed by atoms with Crippen LogP contribution >= 0.6 is 0 Å². The van der Waals surface area contributed by atoms with Crippen molar-refractivity contribution in [1.29, 1.82) is 0 Å². The third kappa shape index (κ3) is 2.11. The molecule has 5 aliphatic rings. The summed E-state index contributed by atoms with van der Waals surface area (Å²) in [7, 11) is 0. The first-order chi connectivity index (χ1) is 13.0. The van der Waals surface area contributed by atoms with Gasteiger partial charge in [-0.25, -0.2) is 0 Å². The molecule has 1 spiro atoms. The van der Waals surface area contributed by atoms with Gasteiger partial charge in [-0.1, -0.05) is 34.6 Å². The Morgan fingerprint density at radius 1 is 1.00 bits per heavy atom. The van der Waals surface area contributed by atoms with Crippen molar-refractivity contribution in [3.63, 3.8) is 0 Å². The molecule has 0 amide bonds. The van der Waals surface area contributed by atoms with Crippen LogP contribution in [0.4, 0.5) is 0 Å². The number of hydrogen-bond acceptors (Lipinski definition) is 3. The second-order valence-corrected chi connectivity index (χ2v) is 12.3. The van der Waals surface area contributed by atoms with E-state index in [1.54, 1.807) is 0 Å². The van der Waals surface area contributed by atoms with Crippen molar-refractivity contribution in [3.8, 4) is 0 Å². The number of epoxide rings is 1. The Balaban J connectivity index is 1.58. The highest BCUT2D eigenvalue weighted by molar-refractivity contribution is 5.85. The molecule has 1 heterocycles. The topological polar surface area (TPSA) is 49.8 Å². The minimum atomic E-state index is -0.795. The van der Waals surface area contributed by atoms with E-state index in [4.69, 9.17) is 4.74 Å². The molecule has 1 saturated heterocycles. The van der Waals surface area contributed by atoms with Gasteiger partial charge < -0.3 is 9.84 Å². The molecule has 10 atom stereocenters. The zero-order valence-electron chi connectivity index (χ0n) is 18.8. The minimum Gasteiger partial charge on any atom is -0.386 e. The molecule has 1 aliphatic heterocycles. The van der Waals surface area contributed by atoms with Crippen molar-refractivity contribution in [1.82, 2.24) is 0 Å². The number of fused-ring (bicyclic) bond motifs is 3. The third-order valence-electron chi connectivity index (χ3n) is 10.7. The molecule has 158 valence electrons. The molecule has 0 aromatic carbocycles. The molecule has 4 aliphatic carbocycles. The summed E-state index contributed by atoms with van der Waals surface area (Å²) in [5.74, 6) is 3.21. The first kappa shape index (κ1) is 19.5. The summed E-state index contributed by atoms with van der Waals surface area (Å²) in [5.41, 5.74) is -1.28. The van der Waals surface area contributed by atoms with Crippen LogP contribution in [0.1, 0.15) is 86.5 Å². The molecular formula is C25H40O3. The number of Topliss-reactive ketones (excluding diaryl/α,β-unsaturated/α-hetero) is 1. The fourth-order valence-corrected chi connectivity index (χ4v) is 9.08. The lowest BCUT2D eigenvalue weighted by molar-refractivity contribution is -0.168. The highest BCUT2D eigenvalue weighted by Crippen LogP contribution is 2.74. The Kier molecular flexibility index (Phi) is 3.93. The summed E-state index contributed by atoms with van der Waals surface area (Å²) in [6.07, 6.45) is 7.20. The van der Waals surface area contributed by atoms with Crippen molar-refractivity contribution >= 4 is 5.78 Å². The van der Waals surface area contributed by atoms with E-state index in [0.717, 1.165) is 19.3 Å². The van der Waals surface area contributed by atoms with Gasteiger partial charge in [0.1, 0.15) is 17.0 Å². The van der Waals surface area contributed by atoms with Crippen molar-refractivity contribution in [2.45, 2.75) is 103 Å². The van der Waals surface area contributed by atoms with Crippen molar-refractivity contribution < 1.29 is 14.6 Å². The standard InChI is InChI=1S/C25H40O3/c1-14(2)21-19-12-24(27)18(11-22(19,5)13-20(21)26)15(3)7-8-17-16(4)9-10-25(17)23(24,6)28-25/h14-19,21,27H,7-13H2,1-6H3/t15-,16-,17-,18+,19-,21+,22-,23+,24+,25-/m1/s1. The van der Waals surface area contributed by atoms with E-state index in [1.807, 2.05) is 0 Å². The average molecular weight is 389 g/mol. The zero-order valence-corrected chi connectivity index (χ0v) is 18.8. The number of carbonyl (C=O) groups is 1. The van der Waals surface area contributed by atoms with Gasteiger partial charge in [-0.05, 0) is 86.4 Å². The van der Waals surface area contributed by atoms with Gasteiger partial charge in [-0.3, -0.25) is 4.79 Å². The van der Waals surface area contributed by atoms with Gasteiger partial charge >= 0.3 is 0 Å². The smallest absolute Gasteiger partial charge is 0.137 e. The van der Waals surface area contributed by atoms with Crippen LogP contribution in [-0.2, 0) is 9.53 Å². The number of ketones is 1. The Morgan fingerprint density at radius 2 is 1.68 bits per heavy atom. The fraction of sp³-hybridized carbons (Fsp3) is 0.960. The van der Waals surface area contributed by atoms with Crippen LogP contribution in [-0.4, -0.2) is 27.7 Å². The van der Waals surface area contributed by atoms with Crippen LogP contribution in [0, 0.1) is 46.8 Å². The van der Waals surface area contributed by atoms with Gasteiger partial charge in [-0.15, -0.1) is 0 Å². The van der Waals surface area contributed by atoms with E-state index < -0.39 is 11.2 Å². The Labute approximate surface area is 171 Å². The van der Waals surface area contributed by atoms with E-state index >= 15 is 0 Å². The monoisotopic (exact) mass is 388 g/mol. The molecule has 0 aromatic heterocycles. The van der Waals surface area contributed by atoms with Crippen LogP contribution in [0.15, 0.2) is 0 Å². The molecule has 5 fully saturated rings. The molecular weight excluding hydrogens is 348 g/mol. The summed E-state index contributed by atoms with van der Waals surface area (Å²) in [6, 6.07) is 0. The number of ether oxygens (including phenoxy) is 1. The van der Waals surface area contributed by atoms with Crippen LogP contribution in [0.25, 0.3) is 0 Å². The molecule has 3 nitrogen and oxygen atoms in total. The molecule has 0 unspecified atom stereocenters. The number of carbonyl (C=O) groups excluding carboxylic acids is 1. The van der Waals surface area contributed by atoms with Gasteiger partial charge in [0.15, 0.2) is 0 Å². The van der Waals surface area contributed by atoms with Gasteiger partial charge in [0.2, 0.25) is 0 Å². The minimum absolute atomic E-state index is 0.0527. The fourth-order valence-electron chi connectivity index (χ4n) is 9.08. The molecule has 0 aromatic rings. The first-order valence-electron chi connectivity index (χ1n) is 11.9. The SMILES string of the molecule is CC(C)[C@@H]1C(=O)C[C@@]2(C)C[C@H]3[C@H](C)CC[C@@H]4[C@H](C)CC[C@@]45O[C@@]5(C)[C@]3(O)C[C@H]12. The van der Waals surface area contributed by atoms with Crippen LogP contribution in [0.5, 0.6) is 0 Å². The van der Waals surface area contributed by atoms with Crippen molar-refractivity contribution in [3.05, 3.63) is 0 Å². The average Bonchev–Trinajstić information content (AvgIpc) is 2.95. The molecule has 28 heavy (non-hydrogen) atoms. The van der Waals surface area contributed by atoms with E-state index in [-0.39, 0.29) is 22.9 Å². The quantitative estimate of drug-likeness (QED) is 0.643. The van der Waals surface area contributed by atoms with Gasteiger partial charge in [-0.2, -0.15) is 0 Å². The molecule has 4 saturated carbocycles. The van der Waals surface area contributed by atoms with Crippen molar-refractivity contribution in [2.75, 3.05) is 0 Å². The maximum atomic E-state index is 13.0. The molecule has 5 rings (SSSR count). The third-order valence-corrected chi connectivity index (χ3v) is 10.7. The van der Waals surface area contributed by atoms with Crippen LogP contribution in [0.2, 0.25) is 0 Å². The maximum Gasteiger partial charge on any atom is 0.137 e. The van der Waals surface area contributed by atoms with Gasteiger partial charge in [0.05, 0.1) is 5.60 Å². The normalized spacial score (nSPS) is 60.5. The van der Waals surface area contributed by atoms with Crippen molar-refractivity contribution in [2.24, 2.45) is 46.8 Å². The largest absolute Gasteiger partial charge is 0.386 e. The van der Waals surface area contributed by atoms with E-state index in [0.29, 0.717) is 41.8 Å². The number of aliphatic hydroxyl groups is 1. The lowest BCUT2D eigenvalue weighted by atomic mass is 9.49. The summed E-state index contributed by atoms with van der Waals surface area (Å²) in [5, 5.41) is 12.5. The van der Waals surface area contributed by atoms with Crippen LogP contribution < -0.4 is 0 Å². The predicted octanol–water partition coefficient (Wildman–Crippen LogP) is 5.00. The Hall–Kier alpha value is -0.410. The van der Waals surface area contributed by atoms with Crippen LogP contribution in [0.3, 0.4) is 0 Å². The van der Waals surface area contributed by atoms with E-state index in [2.05, 4.69) is 41.5 Å². The highest BCUT2D eigenvalue weighted by atomic mass is 16.6. The number of hydrogen-bond donors (Lipinski definition) is 1. The summed E-state index contributed by atoms with van der Waals surface area (Å²) in [6.45, 7) is 13.7. The second kappa shape index (κ2) is 5.63. The summed E-state index contributed by atoms with van der Waals surface area (Å²) < 4.78 is 6.70. The van der Waals surface area contributed by atoms with Gasteiger partial charge in [0, 0.05) is 12.3 Å². The van der Waals surface area contributed by atoms with E-state index in [1.165, 1.54) is 19.3 Å². The summed E-state index contributed by atoms with van der Waals surface area (Å²) in [4.78, 5) is 13.0. The molecule has 0 radical (unpaired) electrons.